The van der Waals surface area contributed by atoms with Gasteiger partial charge in [0.05, 0.1) is 0 Å². The lowest BCUT2D eigenvalue weighted by atomic mass is 10.2. The zero-order chi connectivity index (χ0) is 10.6. The molecule has 2 nitrogen and oxygen atoms in total. The first-order valence-corrected chi connectivity index (χ1v) is 5.72. The number of hydrogen-bond acceptors (Lipinski definition) is 2. The molecule has 0 atom stereocenters. The predicted molar refractivity (Wildman–Crippen MR) is 65.2 cm³/mol. The Labute approximate surface area is 94.2 Å². The highest BCUT2D eigenvalue weighted by molar-refractivity contribution is 9.10. The maximum Gasteiger partial charge on any atom is 0.0328 e. The van der Waals surface area contributed by atoms with Gasteiger partial charge in [-0.25, -0.2) is 0 Å². The van der Waals surface area contributed by atoms with Gasteiger partial charge >= 0.3 is 0 Å². The van der Waals surface area contributed by atoms with Crippen LogP contribution in [0.4, 0.5) is 5.69 Å². The van der Waals surface area contributed by atoms with E-state index in [1.165, 1.54) is 5.56 Å². The fraction of sp³-hybridized carbons (Fsp3) is 0.455. The average Bonchev–Trinajstić information content (AvgIpc) is 2.12. The first kappa shape index (κ1) is 11.5. The van der Waals surface area contributed by atoms with E-state index in [0.29, 0.717) is 0 Å². The lowest BCUT2D eigenvalue weighted by molar-refractivity contribution is 0.296. The van der Waals surface area contributed by atoms with Crippen molar-refractivity contribution in [1.82, 2.24) is 4.90 Å². The van der Waals surface area contributed by atoms with Crippen molar-refractivity contribution in [3.05, 3.63) is 28.2 Å². The fourth-order valence-corrected chi connectivity index (χ4v) is 2.03. The lowest BCUT2D eigenvalue weighted by Crippen LogP contribution is -2.22. The Kier molecular flexibility index (Phi) is 4.42. The molecule has 0 heterocycles. The minimum atomic E-state index is 0.821. The van der Waals surface area contributed by atoms with E-state index in [4.69, 9.17) is 5.73 Å². The highest BCUT2D eigenvalue weighted by atomic mass is 79.9. The Morgan fingerprint density at radius 3 is 2.36 bits per heavy atom. The summed E-state index contributed by atoms with van der Waals surface area (Å²) in [5, 5.41) is 0. The van der Waals surface area contributed by atoms with Crippen LogP contribution in [-0.2, 0) is 6.54 Å². The summed E-state index contributed by atoms with van der Waals surface area (Å²) in [5.41, 5.74) is 7.85. The van der Waals surface area contributed by atoms with Crippen molar-refractivity contribution in [3.63, 3.8) is 0 Å². The molecule has 0 saturated heterocycles. The second kappa shape index (κ2) is 5.37. The summed E-state index contributed by atoms with van der Waals surface area (Å²) < 4.78 is 1.06. The standard InChI is InChI=1S/C11H17BrN2/c1-3-14(4-2)8-9-5-10(12)7-11(13)6-9/h5-7H,3-4,8,13H2,1-2H3. The molecule has 0 radical (unpaired) electrons. The molecule has 0 aromatic heterocycles. The normalized spacial score (nSPS) is 10.9. The van der Waals surface area contributed by atoms with Crippen molar-refractivity contribution in [2.24, 2.45) is 0 Å². The molecular formula is C11H17BrN2. The minimum absolute atomic E-state index is 0.821. The summed E-state index contributed by atoms with van der Waals surface area (Å²) in [7, 11) is 0. The summed E-state index contributed by atoms with van der Waals surface area (Å²) in [6.07, 6.45) is 0. The van der Waals surface area contributed by atoms with Crippen LogP contribution in [-0.4, -0.2) is 18.0 Å². The van der Waals surface area contributed by atoms with E-state index >= 15 is 0 Å². The Hall–Kier alpha value is -0.540. The zero-order valence-corrected chi connectivity index (χ0v) is 10.3. The highest BCUT2D eigenvalue weighted by Gasteiger charge is 2.02. The van der Waals surface area contributed by atoms with Gasteiger partial charge in [-0.1, -0.05) is 29.8 Å². The maximum absolute atomic E-state index is 5.77. The van der Waals surface area contributed by atoms with Gasteiger partial charge in [-0.3, -0.25) is 4.90 Å². The van der Waals surface area contributed by atoms with E-state index in [-0.39, 0.29) is 0 Å². The van der Waals surface area contributed by atoms with Gasteiger partial charge in [0.1, 0.15) is 0 Å². The molecule has 0 saturated carbocycles. The quantitative estimate of drug-likeness (QED) is 0.840. The van der Waals surface area contributed by atoms with Crippen LogP contribution in [0.15, 0.2) is 22.7 Å². The second-order valence-corrected chi connectivity index (χ2v) is 4.27. The fourth-order valence-electron chi connectivity index (χ4n) is 1.47. The molecule has 0 spiro atoms. The SMILES string of the molecule is CCN(CC)Cc1cc(N)cc(Br)c1. The molecule has 0 aliphatic rings. The Bertz CT molecular complexity index is 275. The number of nitrogen functional groups attached to an aromatic ring is 1. The maximum atomic E-state index is 5.77. The molecule has 0 aliphatic heterocycles. The average molecular weight is 257 g/mol. The van der Waals surface area contributed by atoms with E-state index in [1.807, 2.05) is 12.1 Å². The number of nitrogens with zero attached hydrogens (tertiary/aromatic N) is 1. The molecule has 0 amide bonds. The molecule has 2 N–H and O–H groups in total. The van der Waals surface area contributed by atoms with Crippen LogP contribution in [0.3, 0.4) is 0 Å². The Morgan fingerprint density at radius 2 is 1.86 bits per heavy atom. The molecular weight excluding hydrogens is 240 g/mol. The van der Waals surface area contributed by atoms with Crippen LogP contribution in [0.25, 0.3) is 0 Å². The monoisotopic (exact) mass is 256 g/mol. The van der Waals surface area contributed by atoms with Gasteiger partial charge in [-0.15, -0.1) is 0 Å². The van der Waals surface area contributed by atoms with Crippen LogP contribution < -0.4 is 5.73 Å². The van der Waals surface area contributed by atoms with Crippen LogP contribution in [0, 0.1) is 0 Å². The summed E-state index contributed by atoms with van der Waals surface area (Å²) in [4.78, 5) is 2.36. The van der Waals surface area contributed by atoms with Gasteiger partial charge in [0.15, 0.2) is 0 Å². The molecule has 0 bridgehead atoms. The third-order valence-electron chi connectivity index (χ3n) is 2.28. The molecule has 0 fully saturated rings. The molecule has 78 valence electrons. The first-order valence-electron chi connectivity index (χ1n) is 4.93. The van der Waals surface area contributed by atoms with Crippen molar-refractivity contribution in [3.8, 4) is 0 Å². The lowest BCUT2D eigenvalue weighted by Gasteiger charge is -2.18. The van der Waals surface area contributed by atoms with Crippen LogP contribution in [0.1, 0.15) is 19.4 Å². The van der Waals surface area contributed by atoms with Gasteiger partial charge < -0.3 is 5.73 Å². The number of nitrogens with two attached hydrogens (primary N) is 1. The van der Waals surface area contributed by atoms with E-state index in [2.05, 4.69) is 40.7 Å². The van der Waals surface area contributed by atoms with Crippen LogP contribution in [0.5, 0.6) is 0 Å². The van der Waals surface area contributed by atoms with Crippen molar-refractivity contribution >= 4 is 21.6 Å². The third kappa shape index (κ3) is 3.31. The van der Waals surface area contributed by atoms with Crippen molar-refractivity contribution < 1.29 is 0 Å². The van der Waals surface area contributed by atoms with E-state index in [1.54, 1.807) is 0 Å². The topological polar surface area (TPSA) is 29.3 Å². The van der Waals surface area contributed by atoms with Crippen LogP contribution >= 0.6 is 15.9 Å². The third-order valence-corrected chi connectivity index (χ3v) is 2.74. The molecule has 1 aromatic rings. The molecule has 0 aliphatic carbocycles. The summed E-state index contributed by atoms with van der Waals surface area (Å²) in [6.45, 7) is 7.46. The molecule has 1 aromatic carbocycles. The van der Waals surface area contributed by atoms with Gasteiger partial charge in [0, 0.05) is 16.7 Å². The summed E-state index contributed by atoms with van der Waals surface area (Å²) in [5.74, 6) is 0. The summed E-state index contributed by atoms with van der Waals surface area (Å²) in [6, 6.07) is 6.07. The smallest absolute Gasteiger partial charge is 0.0328 e. The molecule has 0 unspecified atom stereocenters. The van der Waals surface area contributed by atoms with E-state index in [9.17, 15) is 0 Å². The first-order chi connectivity index (χ1) is 6.65. The van der Waals surface area contributed by atoms with E-state index < -0.39 is 0 Å². The van der Waals surface area contributed by atoms with Gasteiger partial charge in [-0.2, -0.15) is 0 Å². The molecule has 3 heteroatoms. The van der Waals surface area contributed by atoms with Gasteiger partial charge in [0.25, 0.3) is 0 Å². The van der Waals surface area contributed by atoms with E-state index in [0.717, 1.165) is 29.8 Å². The number of halogens is 1. The second-order valence-electron chi connectivity index (χ2n) is 3.35. The molecule has 14 heavy (non-hydrogen) atoms. The van der Waals surface area contributed by atoms with Crippen molar-refractivity contribution in [2.45, 2.75) is 20.4 Å². The van der Waals surface area contributed by atoms with Gasteiger partial charge in [-0.05, 0) is 36.9 Å². The number of anilines is 1. The zero-order valence-electron chi connectivity index (χ0n) is 8.76. The Balaban J connectivity index is 2.75. The van der Waals surface area contributed by atoms with Gasteiger partial charge in [0.2, 0.25) is 0 Å². The summed E-state index contributed by atoms with van der Waals surface area (Å²) >= 11 is 3.45. The number of rotatable bonds is 4. The number of benzene rings is 1. The Morgan fingerprint density at radius 1 is 1.21 bits per heavy atom. The minimum Gasteiger partial charge on any atom is -0.399 e. The van der Waals surface area contributed by atoms with Crippen LogP contribution in [0.2, 0.25) is 0 Å². The highest BCUT2D eigenvalue weighted by Crippen LogP contribution is 2.18. The number of hydrogen-bond donors (Lipinski definition) is 1. The molecule has 1 rings (SSSR count). The largest absolute Gasteiger partial charge is 0.399 e. The predicted octanol–water partition coefficient (Wildman–Crippen LogP) is 2.87. The van der Waals surface area contributed by atoms with Crippen molar-refractivity contribution in [2.75, 3.05) is 18.8 Å². The van der Waals surface area contributed by atoms with Crippen molar-refractivity contribution in [1.29, 1.82) is 0 Å².